The highest BCUT2D eigenvalue weighted by atomic mass is 19.2. The third-order valence-corrected chi connectivity index (χ3v) is 14.3. The fourth-order valence-corrected chi connectivity index (χ4v) is 10.4. The minimum absolute atomic E-state index is 0.0974. The van der Waals surface area contributed by atoms with Gasteiger partial charge in [0, 0.05) is 136 Å². The Morgan fingerprint density at radius 2 is 1.24 bits per heavy atom. The van der Waals surface area contributed by atoms with Crippen molar-refractivity contribution in [2.45, 2.75) is 70.5 Å². The molecule has 410 valence electrons. The van der Waals surface area contributed by atoms with Crippen molar-refractivity contribution in [3.8, 4) is 23.3 Å². The molecule has 2 saturated heterocycles. The van der Waals surface area contributed by atoms with Gasteiger partial charge in [0.15, 0.2) is 34.0 Å². The van der Waals surface area contributed by atoms with Gasteiger partial charge in [-0.15, -0.1) is 0 Å². The van der Waals surface area contributed by atoms with Crippen LogP contribution in [0.4, 0.5) is 29.2 Å². The monoisotopic (exact) mass is 1080 g/mol. The Kier molecular flexibility index (Phi) is 16.6. The highest BCUT2D eigenvalue weighted by Gasteiger charge is 2.30. The van der Waals surface area contributed by atoms with Gasteiger partial charge in [-0.1, -0.05) is 0 Å². The van der Waals surface area contributed by atoms with Crippen molar-refractivity contribution in [3.05, 3.63) is 164 Å². The van der Waals surface area contributed by atoms with Crippen LogP contribution in [0.2, 0.25) is 0 Å². The van der Waals surface area contributed by atoms with Gasteiger partial charge < -0.3 is 43.2 Å². The molecule has 1 N–H and O–H groups in total. The van der Waals surface area contributed by atoms with Gasteiger partial charge in [-0.25, -0.2) is 28.7 Å². The zero-order valence-electron chi connectivity index (χ0n) is 43.4. The number of hydrogen-bond donors (Lipinski definition) is 1. The lowest BCUT2D eigenvalue weighted by atomic mass is 10.0. The van der Waals surface area contributed by atoms with Crippen molar-refractivity contribution in [2.75, 3.05) is 63.4 Å². The van der Waals surface area contributed by atoms with Crippen LogP contribution in [0.25, 0.3) is 21.8 Å². The van der Waals surface area contributed by atoms with E-state index in [-0.39, 0.29) is 58.4 Å². The molecule has 2 aromatic carbocycles. The van der Waals surface area contributed by atoms with E-state index in [0.29, 0.717) is 78.8 Å². The fourth-order valence-electron chi connectivity index (χ4n) is 10.4. The SMILES string of the molecule is COc1cc(C=O)ccn1.COc1cc(CN(Cc2cn3c4c(c(F)c(F)cc4c2=O)OCC3)[C@H]2CCCN(c3cnccn3)C2)ccn1.O=c1c(CN[C@H]2CCCN(c3cnccn3)C2)cn2c3c(c(F)c(F)cc13)OCC2. The van der Waals surface area contributed by atoms with Gasteiger partial charge in [-0.2, -0.15) is 8.78 Å². The first kappa shape index (κ1) is 53.8. The van der Waals surface area contributed by atoms with Crippen LogP contribution in [0.1, 0.15) is 52.7 Å². The Balaban J connectivity index is 0.000000155. The Hall–Kier alpha value is -8.57. The molecule has 12 rings (SSSR count). The second-order valence-corrected chi connectivity index (χ2v) is 19.2. The highest BCUT2D eigenvalue weighted by molar-refractivity contribution is 5.87. The maximum Gasteiger partial charge on any atom is 0.213 e. The second-order valence-electron chi connectivity index (χ2n) is 19.2. The van der Waals surface area contributed by atoms with Crippen LogP contribution in [-0.2, 0) is 32.7 Å². The van der Waals surface area contributed by atoms with Crippen LogP contribution < -0.4 is 44.9 Å². The number of nitrogens with one attached hydrogen (secondary N) is 1. The number of piperidine rings is 2. The summed E-state index contributed by atoms with van der Waals surface area (Å²) >= 11 is 0. The summed E-state index contributed by atoms with van der Waals surface area (Å²) in [6, 6.07) is 9.25. The van der Waals surface area contributed by atoms with E-state index in [4.69, 9.17) is 18.9 Å². The van der Waals surface area contributed by atoms with E-state index in [1.807, 2.05) is 12.1 Å². The van der Waals surface area contributed by atoms with Gasteiger partial charge in [0.2, 0.25) is 23.4 Å². The number of nitrogens with zero attached hydrogens (tertiary/aromatic N) is 11. The maximum atomic E-state index is 14.5. The summed E-state index contributed by atoms with van der Waals surface area (Å²) in [4.78, 5) is 68.7. The maximum absolute atomic E-state index is 14.5. The summed E-state index contributed by atoms with van der Waals surface area (Å²) in [6.45, 7) is 5.81. The number of benzene rings is 2. The van der Waals surface area contributed by atoms with Crippen LogP contribution in [-0.4, -0.2) is 116 Å². The van der Waals surface area contributed by atoms with Crippen LogP contribution in [0.15, 0.2) is 108 Å². The molecule has 8 aromatic rings. The van der Waals surface area contributed by atoms with Crippen LogP contribution >= 0.6 is 0 Å². The number of rotatable bonds is 13. The molecule has 4 aliphatic rings. The van der Waals surface area contributed by atoms with E-state index in [1.54, 1.807) is 84.1 Å². The number of ether oxygens (including phenoxy) is 4. The number of aromatic nitrogens is 8. The van der Waals surface area contributed by atoms with E-state index in [9.17, 15) is 31.9 Å². The average Bonchev–Trinajstić information content (AvgIpc) is 3.50. The summed E-state index contributed by atoms with van der Waals surface area (Å²) in [6.07, 6.45) is 21.5. The number of pyridine rings is 4. The molecule has 0 saturated carbocycles. The molecule has 0 bridgehead atoms. The van der Waals surface area contributed by atoms with Crippen molar-refractivity contribution in [3.63, 3.8) is 0 Å². The number of anilines is 2. The molecule has 10 heterocycles. The van der Waals surface area contributed by atoms with Gasteiger partial charge in [-0.05, 0) is 55.5 Å². The van der Waals surface area contributed by atoms with Gasteiger partial charge in [-0.3, -0.25) is 29.3 Å². The molecule has 23 heteroatoms. The van der Waals surface area contributed by atoms with Crippen molar-refractivity contribution in [2.24, 2.45) is 0 Å². The van der Waals surface area contributed by atoms with E-state index < -0.39 is 23.3 Å². The fraction of sp³-hybridized carbons (Fsp3) is 0.339. The Bertz CT molecular complexity index is 3600. The lowest BCUT2D eigenvalue weighted by Crippen LogP contribution is -2.48. The third-order valence-electron chi connectivity index (χ3n) is 14.3. The molecule has 6 aromatic heterocycles. The molecule has 0 aliphatic carbocycles. The van der Waals surface area contributed by atoms with Crippen molar-refractivity contribution in [1.29, 1.82) is 0 Å². The molecule has 79 heavy (non-hydrogen) atoms. The summed E-state index contributed by atoms with van der Waals surface area (Å²) in [5, 5.41) is 3.72. The van der Waals surface area contributed by atoms with Crippen LogP contribution in [0.5, 0.6) is 23.3 Å². The molecule has 4 aliphatic heterocycles. The lowest BCUT2D eigenvalue weighted by molar-refractivity contribution is 0.112. The molecular weight excluding hydrogens is 1030 g/mol. The Morgan fingerprint density at radius 3 is 1.84 bits per heavy atom. The minimum Gasteiger partial charge on any atom is -0.486 e. The average molecular weight is 1090 g/mol. The van der Waals surface area contributed by atoms with E-state index >= 15 is 0 Å². The molecule has 19 nitrogen and oxygen atoms in total. The standard InChI is InChI=1S/C28H28F2N6O3.C21H21F2N5O2.C7H7NO2/c1-38-24-11-18(4-5-33-24)14-36(20-3-2-8-34(17-20)23-13-31-6-7-32-23)16-19-15-35-9-10-39-28-25(30)22(29)12-21(26(28)35)27(19)37;22-16-8-15-19-21(18(16)23)30-7-6-28(19)11-13(20(15)29)9-26-14-2-1-5-27(12-14)17-10-24-3-4-25-17;1-10-7-4-6(5-9)2-3-8-7/h4-7,11-13,15,20H,2-3,8-10,14,16-17H2,1H3;3-4,8,10-11,14,26H,1-2,5-7,9,12H2;2-5H,1H3/t20-;14-;/m00./s1. The highest BCUT2D eigenvalue weighted by Crippen LogP contribution is 2.34. The number of hydrogen-bond acceptors (Lipinski definition) is 17. The molecule has 0 unspecified atom stereocenters. The first-order chi connectivity index (χ1) is 38.5. The first-order valence-electron chi connectivity index (χ1n) is 25.8. The zero-order valence-corrected chi connectivity index (χ0v) is 43.4. The van der Waals surface area contributed by atoms with Gasteiger partial charge >= 0.3 is 0 Å². The number of carbonyl (C=O) groups is 1. The summed E-state index contributed by atoms with van der Waals surface area (Å²) in [5.74, 6) is -2.03. The predicted octanol–water partition coefficient (Wildman–Crippen LogP) is 6.66. The molecule has 0 spiro atoms. The largest absolute Gasteiger partial charge is 0.486 e. The molecule has 2 atom stereocenters. The Morgan fingerprint density at radius 1 is 0.671 bits per heavy atom. The summed E-state index contributed by atoms with van der Waals surface area (Å²) in [5.41, 5.74) is 2.59. The second kappa shape index (κ2) is 24.4. The van der Waals surface area contributed by atoms with Gasteiger partial charge in [0.25, 0.3) is 0 Å². The molecular formula is C56H56F4N12O7. The topological polar surface area (TPSA) is 197 Å². The number of methoxy groups -OCH3 is 2. The molecule has 2 fully saturated rings. The molecule has 0 radical (unpaired) electrons. The quantitative estimate of drug-likeness (QED) is 0.0950. The molecule has 0 amide bonds. The third kappa shape index (κ3) is 12.0. The van der Waals surface area contributed by atoms with E-state index in [1.165, 1.54) is 13.3 Å². The predicted molar refractivity (Wildman–Crippen MR) is 285 cm³/mol. The van der Waals surface area contributed by atoms with Crippen molar-refractivity contribution < 1.29 is 41.3 Å². The number of aldehydes is 1. The van der Waals surface area contributed by atoms with Gasteiger partial charge in [0.1, 0.15) is 31.1 Å². The van der Waals surface area contributed by atoms with Crippen molar-refractivity contribution in [1.82, 2.24) is 49.3 Å². The summed E-state index contributed by atoms with van der Waals surface area (Å²) in [7, 11) is 3.09. The van der Waals surface area contributed by atoms with Crippen LogP contribution in [0, 0.1) is 23.3 Å². The normalized spacial score (nSPS) is 16.5. The number of halogens is 4. The van der Waals surface area contributed by atoms with Gasteiger partial charge in [0.05, 0.1) is 61.5 Å². The first-order valence-corrected chi connectivity index (χ1v) is 25.8. The lowest BCUT2D eigenvalue weighted by Gasteiger charge is -2.40. The smallest absolute Gasteiger partial charge is 0.213 e. The summed E-state index contributed by atoms with van der Waals surface area (Å²) < 4.78 is 81.4. The zero-order chi connectivity index (χ0) is 55.0. The minimum atomic E-state index is -1.09. The van der Waals surface area contributed by atoms with Crippen LogP contribution in [0.3, 0.4) is 0 Å². The Labute approximate surface area is 450 Å². The number of carbonyl (C=O) groups excluding carboxylic acids is 1. The van der Waals surface area contributed by atoms with Crippen molar-refractivity contribution >= 4 is 39.7 Å². The van der Waals surface area contributed by atoms with E-state index in [2.05, 4.69) is 49.9 Å². The van der Waals surface area contributed by atoms with E-state index in [0.717, 1.165) is 80.9 Å².